The molecule has 0 aromatic carbocycles. The molecule has 0 radical (unpaired) electrons. The fourth-order valence-corrected chi connectivity index (χ4v) is 1.49. The Morgan fingerprint density at radius 1 is 1.69 bits per heavy atom. The topological polar surface area (TPSA) is 53.3 Å². The number of rotatable bonds is 1. The summed E-state index contributed by atoms with van der Waals surface area (Å²) in [6, 6.07) is 1.83. The van der Waals surface area contributed by atoms with Crippen LogP contribution in [0.2, 0.25) is 0 Å². The van der Waals surface area contributed by atoms with E-state index >= 15 is 0 Å². The highest BCUT2D eigenvalue weighted by Gasteiger charge is 2.27. The molecule has 13 heavy (non-hydrogen) atoms. The number of hydrogen-bond acceptors (Lipinski definition) is 3. The van der Waals surface area contributed by atoms with Gasteiger partial charge in [-0.15, -0.1) is 0 Å². The number of amides is 1. The van der Waals surface area contributed by atoms with Gasteiger partial charge >= 0.3 is 6.09 Å². The Labute approximate surface area is 78.1 Å². The molecule has 4 nitrogen and oxygen atoms in total. The number of ether oxygens (including phenoxy) is 1. The summed E-state index contributed by atoms with van der Waals surface area (Å²) in [6.45, 7) is 2.79. The predicted octanol–water partition coefficient (Wildman–Crippen LogP) is 1.52. The second-order valence-electron chi connectivity index (χ2n) is 3.03. The average Bonchev–Trinajstić information content (AvgIpc) is 2.18. The molecular weight excluding hydrogens is 168 g/mol. The first kappa shape index (κ1) is 9.85. The molecule has 1 aliphatic rings. The van der Waals surface area contributed by atoms with Gasteiger partial charge in [0.15, 0.2) is 0 Å². The number of nitrogens with zero attached hydrogens (tertiary/aromatic N) is 2. The fourth-order valence-electron chi connectivity index (χ4n) is 1.49. The SMILES string of the molecule is CCOC(=O)N1CCCCC1C#N. The second-order valence-corrected chi connectivity index (χ2v) is 3.03. The van der Waals surface area contributed by atoms with Crippen LogP contribution in [0.1, 0.15) is 26.2 Å². The van der Waals surface area contributed by atoms with Gasteiger partial charge in [0, 0.05) is 6.54 Å². The highest BCUT2D eigenvalue weighted by molar-refractivity contribution is 5.68. The summed E-state index contributed by atoms with van der Waals surface area (Å²) >= 11 is 0. The summed E-state index contributed by atoms with van der Waals surface area (Å²) in [5.74, 6) is 0. The predicted molar refractivity (Wildman–Crippen MR) is 47.0 cm³/mol. The Morgan fingerprint density at radius 2 is 2.46 bits per heavy atom. The van der Waals surface area contributed by atoms with E-state index in [4.69, 9.17) is 10.00 Å². The van der Waals surface area contributed by atoms with Crippen LogP contribution in [0.15, 0.2) is 0 Å². The summed E-state index contributed by atoms with van der Waals surface area (Å²) in [5.41, 5.74) is 0. The van der Waals surface area contributed by atoms with E-state index in [1.807, 2.05) is 0 Å². The van der Waals surface area contributed by atoms with Crippen LogP contribution in [-0.4, -0.2) is 30.2 Å². The summed E-state index contributed by atoms with van der Waals surface area (Å²) in [5, 5.41) is 8.78. The Morgan fingerprint density at radius 3 is 3.08 bits per heavy atom. The molecule has 1 atom stereocenters. The van der Waals surface area contributed by atoms with Gasteiger partial charge in [-0.25, -0.2) is 4.79 Å². The third-order valence-corrected chi connectivity index (χ3v) is 2.15. The Hall–Kier alpha value is -1.24. The maximum atomic E-state index is 11.3. The molecule has 0 bridgehead atoms. The molecule has 1 aliphatic heterocycles. The molecule has 0 aromatic rings. The van der Waals surface area contributed by atoms with Crippen LogP contribution >= 0.6 is 0 Å². The lowest BCUT2D eigenvalue weighted by Crippen LogP contribution is -2.43. The van der Waals surface area contributed by atoms with Crippen LogP contribution < -0.4 is 0 Å². The standard InChI is InChI=1S/C9H14N2O2/c1-2-13-9(12)11-6-4-3-5-8(11)7-10/h8H,2-6H2,1H3. The number of nitriles is 1. The molecule has 1 heterocycles. The smallest absolute Gasteiger partial charge is 0.410 e. The van der Waals surface area contributed by atoms with Crippen LogP contribution in [0.4, 0.5) is 4.79 Å². The third kappa shape index (κ3) is 2.35. The molecule has 1 saturated heterocycles. The zero-order valence-electron chi connectivity index (χ0n) is 7.82. The molecule has 0 saturated carbocycles. The van der Waals surface area contributed by atoms with Gasteiger partial charge in [-0.05, 0) is 26.2 Å². The number of likely N-dealkylation sites (tertiary alicyclic amines) is 1. The van der Waals surface area contributed by atoms with Crippen molar-refractivity contribution in [3.63, 3.8) is 0 Å². The van der Waals surface area contributed by atoms with Crippen molar-refractivity contribution >= 4 is 6.09 Å². The minimum absolute atomic E-state index is 0.284. The summed E-state index contributed by atoms with van der Waals surface area (Å²) in [4.78, 5) is 12.8. The fraction of sp³-hybridized carbons (Fsp3) is 0.778. The van der Waals surface area contributed by atoms with Crippen molar-refractivity contribution in [3.05, 3.63) is 0 Å². The Kier molecular flexibility index (Phi) is 3.56. The van der Waals surface area contributed by atoms with Gasteiger partial charge in [-0.3, -0.25) is 4.90 Å². The highest BCUT2D eigenvalue weighted by Crippen LogP contribution is 2.16. The molecule has 0 N–H and O–H groups in total. The number of piperidine rings is 1. The number of carbonyl (C=O) groups is 1. The van der Waals surface area contributed by atoms with Crippen molar-refractivity contribution in [2.24, 2.45) is 0 Å². The van der Waals surface area contributed by atoms with Crippen molar-refractivity contribution in [1.82, 2.24) is 4.90 Å². The van der Waals surface area contributed by atoms with Crippen LogP contribution in [0.25, 0.3) is 0 Å². The second kappa shape index (κ2) is 4.70. The highest BCUT2D eigenvalue weighted by atomic mass is 16.6. The molecule has 1 rings (SSSR count). The molecule has 0 spiro atoms. The van der Waals surface area contributed by atoms with Gasteiger partial charge in [0.1, 0.15) is 6.04 Å². The van der Waals surface area contributed by atoms with Crippen molar-refractivity contribution < 1.29 is 9.53 Å². The van der Waals surface area contributed by atoms with Crippen molar-refractivity contribution in [2.75, 3.05) is 13.2 Å². The maximum Gasteiger partial charge on any atom is 0.410 e. The lowest BCUT2D eigenvalue weighted by molar-refractivity contribution is 0.0883. The molecule has 0 aromatic heterocycles. The van der Waals surface area contributed by atoms with Crippen LogP contribution in [-0.2, 0) is 4.74 Å². The molecule has 1 amide bonds. The molecular formula is C9H14N2O2. The van der Waals surface area contributed by atoms with Crippen LogP contribution in [0.5, 0.6) is 0 Å². The van der Waals surface area contributed by atoms with Crippen molar-refractivity contribution in [3.8, 4) is 6.07 Å². The molecule has 0 aliphatic carbocycles. The zero-order valence-corrected chi connectivity index (χ0v) is 7.82. The first-order valence-electron chi connectivity index (χ1n) is 4.62. The maximum absolute atomic E-state index is 11.3. The Bertz CT molecular complexity index is 222. The van der Waals surface area contributed by atoms with E-state index < -0.39 is 0 Å². The summed E-state index contributed by atoms with van der Waals surface area (Å²) in [7, 11) is 0. The van der Waals surface area contributed by atoms with Gasteiger partial charge in [0.2, 0.25) is 0 Å². The minimum atomic E-state index is -0.353. The monoisotopic (exact) mass is 182 g/mol. The summed E-state index contributed by atoms with van der Waals surface area (Å²) in [6.07, 6.45) is 2.41. The van der Waals surface area contributed by atoms with E-state index in [0.29, 0.717) is 13.2 Å². The quantitative estimate of drug-likeness (QED) is 0.617. The molecule has 72 valence electrons. The molecule has 1 fully saturated rings. The van der Waals surface area contributed by atoms with E-state index in [1.165, 1.54) is 4.90 Å². The van der Waals surface area contributed by atoms with E-state index in [0.717, 1.165) is 19.3 Å². The number of carbonyl (C=O) groups excluding carboxylic acids is 1. The van der Waals surface area contributed by atoms with Crippen molar-refractivity contribution in [2.45, 2.75) is 32.2 Å². The minimum Gasteiger partial charge on any atom is -0.450 e. The van der Waals surface area contributed by atoms with Crippen molar-refractivity contribution in [1.29, 1.82) is 5.26 Å². The van der Waals surface area contributed by atoms with Gasteiger partial charge < -0.3 is 4.74 Å². The van der Waals surface area contributed by atoms with Gasteiger partial charge in [-0.2, -0.15) is 5.26 Å². The lowest BCUT2D eigenvalue weighted by Gasteiger charge is -2.30. The van der Waals surface area contributed by atoms with E-state index in [1.54, 1.807) is 6.92 Å². The van der Waals surface area contributed by atoms with Crippen LogP contribution in [0.3, 0.4) is 0 Å². The van der Waals surface area contributed by atoms with E-state index in [2.05, 4.69) is 6.07 Å². The largest absolute Gasteiger partial charge is 0.450 e. The van der Waals surface area contributed by atoms with E-state index in [9.17, 15) is 4.79 Å². The first-order valence-corrected chi connectivity index (χ1v) is 4.62. The van der Waals surface area contributed by atoms with Crippen LogP contribution in [0, 0.1) is 11.3 Å². The Balaban J connectivity index is 2.54. The molecule has 4 heteroatoms. The van der Waals surface area contributed by atoms with Gasteiger partial charge in [-0.1, -0.05) is 0 Å². The summed E-state index contributed by atoms with van der Waals surface area (Å²) < 4.78 is 4.85. The van der Waals surface area contributed by atoms with E-state index in [-0.39, 0.29) is 12.1 Å². The van der Waals surface area contributed by atoms with Gasteiger partial charge in [0.05, 0.1) is 12.7 Å². The lowest BCUT2D eigenvalue weighted by atomic mass is 10.0. The third-order valence-electron chi connectivity index (χ3n) is 2.15. The number of hydrogen-bond donors (Lipinski definition) is 0. The zero-order chi connectivity index (χ0) is 9.68. The average molecular weight is 182 g/mol. The molecule has 1 unspecified atom stereocenters. The normalized spacial score (nSPS) is 22.2. The van der Waals surface area contributed by atoms with Gasteiger partial charge in [0.25, 0.3) is 0 Å². The first-order chi connectivity index (χ1) is 6.29.